The number of amides is 2. The van der Waals surface area contributed by atoms with Crippen molar-refractivity contribution in [2.24, 2.45) is 0 Å². The maximum atomic E-state index is 13.1. The highest BCUT2D eigenvalue weighted by atomic mass is 32.2. The van der Waals surface area contributed by atoms with Gasteiger partial charge in [-0.05, 0) is 54.1 Å². The van der Waals surface area contributed by atoms with Crippen LogP contribution in [0.4, 0.5) is 5.69 Å². The molecule has 0 fully saturated rings. The van der Waals surface area contributed by atoms with Crippen molar-refractivity contribution >= 4 is 41.3 Å². The monoisotopic (exact) mass is 476 g/mol. The molecule has 3 aromatic rings. The van der Waals surface area contributed by atoms with Crippen molar-refractivity contribution < 1.29 is 23.9 Å². The van der Waals surface area contributed by atoms with Crippen LogP contribution in [-0.4, -0.2) is 37.8 Å². The van der Waals surface area contributed by atoms with E-state index in [0.717, 1.165) is 4.90 Å². The van der Waals surface area contributed by atoms with Crippen molar-refractivity contribution in [3.05, 3.63) is 95.7 Å². The van der Waals surface area contributed by atoms with Crippen molar-refractivity contribution in [1.29, 1.82) is 0 Å². The van der Waals surface area contributed by atoms with Gasteiger partial charge in [0, 0.05) is 16.1 Å². The van der Waals surface area contributed by atoms with Crippen LogP contribution in [0.5, 0.6) is 5.75 Å². The SMILES string of the molecule is COC(=O)CSc1cccc(NC(=O)/C(=C\c2ccc(OC)cc2)NC(=O)c2ccccc2)c1. The third-order valence-electron chi connectivity index (χ3n) is 4.63. The zero-order valence-electron chi connectivity index (χ0n) is 18.7. The summed E-state index contributed by atoms with van der Waals surface area (Å²) in [5, 5.41) is 5.51. The summed E-state index contributed by atoms with van der Waals surface area (Å²) in [5.41, 5.74) is 1.74. The van der Waals surface area contributed by atoms with Crippen molar-refractivity contribution in [2.75, 3.05) is 25.3 Å². The molecule has 0 saturated carbocycles. The predicted molar refractivity (Wildman–Crippen MR) is 133 cm³/mol. The van der Waals surface area contributed by atoms with Gasteiger partial charge in [0.25, 0.3) is 11.8 Å². The van der Waals surface area contributed by atoms with Crippen molar-refractivity contribution in [1.82, 2.24) is 5.32 Å². The number of anilines is 1. The second kappa shape index (κ2) is 12.3. The van der Waals surface area contributed by atoms with E-state index in [1.807, 2.05) is 12.1 Å². The lowest BCUT2D eigenvalue weighted by Gasteiger charge is -2.12. The Labute approximate surface area is 202 Å². The van der Waals surface area contributed by atoms with E-state index in [2.05, 4.69) is 15.4 Å². The Balaban J connectivity index is 1.82. The molecule has 2 amide bonds. The molecule has 0 bridgehead atoms. The van der Waals surface area contributed by atoms with Crippen LogP contribution in [0, 0.1) is 0 Å². The van der Waals surface area contributed by atoms with Crippen LogP contribution in [0.2, 0.25) is 0 Å². The molecule has 0 aliphatic carbocycles. The van der Waals surface area contributed by atoms with Gasteiger partial charge < -0.3 is 20.1 Å². The van der Waals surface area contributed by atoms with E-state index < -0.39 is 11.8 Å². The van der Waals surface area contributed by atoms with Crippen LogP contribution in [0.25, 0.3) is 6.08 Å². The predicted octanol–water partition coefficient (Wildman–Crippen LogP) is 4.37. The highest BCUT2D eigenvalue weighted by Crippen LogP contribution is 2.22. The highest BCUT2D eigenvalue weighted by molar-refractivity contribution is 8.00. The Hall–Kier alpha value is -4.04. The first-order valence-corrected chi connectivity index (χ1v) is 11.3. The molecule has 174 valence electrons. The maximum absolute atomic E-state index is 13.1. The first-order chi connectivity index (χ1) is 16.5. The summed E-state index contributed by atoms with van der Waals surface area (Å²) in [6, 6.07) is 22.8. The van der Waals surface area contributed by atoms with Crippen LogP contribution in [-0.2, 0) is 14.3 Å². The Kier molecular flexibility index (Phi) is 8.88. The third kappa shape index (κ3) is 7.25. The number of carbonyl (C=O) groups excluding carboxylic acids is 3. The van der Waals surface area contributed by atoms with E-state index >= 15 is 0 Å². The zero-order chi connectivity index (χ0) is 24.3. The number of carbonyl (C=O) groups is 3. The second-order valence-corrected chi connectivity index (χ2v) is 8.05. The number of methoxy groups -OCH3 is 2. The van der Waals surface area contributed by atoms with Gasteiger partial charge in [0.15, 0.2) is 0 Å². The Morgan fingerprint density at radius 1 is 0.912 bits per heavy atom. The van der Waals surface area contributed by atoms with Crippen molar-refractivity contribution in [3.63, 3.8) is 0 Å². The number of thioether (sulfide) groups is 1. The molecule has 0 saturated heterocycles. The third-order valence-corrected chi connectivity index (χ3v) is 5.60. The van der Waals surface area contributed by atoms with Gasteiger partial charge >= 0.3 is 5.97 Å². The topological polar surface area (TPSA) is 93.7 Å². The van der Waals surface area contributed by atoms with Gasteiger partial charge in [0.2, 0.25) is 0 Å². The number of rotatable bonds is 9. The molecule has 0 heterocycles. The molecule has 7 nitrogen and oxygen atoms in total. The van der Waals surface area contributed by atoms with Crippen molar-refractivity contribution in [2.45, 2.75) is 4.90 Å². The van der Waals surface area contributed by atoms with Gasteiger partial charge in [-0.1, -0.05) is 36.4 Å². The minimum Gasteiger partial charge on any atom is -0.497 e. The largest absolute Gasteiger partial charge is 0.497 e. The van der Waals surface area contributed by atoms with E-state index in [9.17, 15) is 14.4 Å². The van der Waals surface area contributed by atoms with Crippen LogP contribution in [0.1, 0.15) is 15.9 Å². The normalized spacial score (nSPS) is 10.8. The smallest absolute Gasteiger partial charge is 0.315 e. The van der Waals surface area contributed by atoms with Gasteiger partial charge in [-0.25, -0.2) is 0 Å². The minimum absolute atomic E-state index is 0.0756. The lowest BCUT2D eigenvalue weighted by atomic mass is 10.1. The number of benzene rings is 3. The lowest BCUT2D eigenvalue weighted by molar-refractivity contribution is -0.137. The highest BCUT2D eigenvalue weighted by Gasteiger charge is 2.15. The molecule has 0 spiro atoms. The van der Waals surface area contributed by atoms with E-state index in [-0.39, 0.29) is 17.4 Å². The zero-order valence-corrected chi connectivity index (χ0v) is 19.6. The summed E-state index contributed by atoms with van der Waals surface area (Å²) < 4.78 is 9.83. The Morgan fingerprint density at radius 2 is 1.65 bits per heavy atom. The van der Waals surface area contributed by atoms with Gasteiger partial charge in [-0.15, -0.1) is 11.8 Å². The molecule has 0 aromatic heterocycles. The van der Waals surface area contributed by atoms with E-state index in [4.69, 9.17) is 4.74 Å². The molecular formula is C26H24N2O5S. The summed E-state index contributed by atoms with van der Waals surface area (Å²) in [6.07, 6.45) is 1.59. The fraction of sp³-hybridized carbons (Fsp3) is 0.115. The molecule has 0 atom stereocenters. The number of ether oxygens (including phenoxy) is 2. The number of hydrogen-bond donors (Lipinski definition) is 2. The first kappa shape index (κ1) is 24.6. The molecule has 0 aliphatic heterocycles. The molecule has 0 aliphatic rings. The van der Waals surface area contributed by atoms with E-state index in [0.29, 0.717) is 22.6 Å². The maximum Gasteiger partial charge on any atom is 0.315 e. The minimum atomic E-state index is -0.491. The Morgan fingerprint density at radius 3 is 2.32 bits per heavy atom. The molecule has 0 radical (unpaired) electrons. The molecule has 3 rings (SSSR count). The first-order valence-electron chi connectivity index (χ1n) is 10.3. The number of hydrogen-bond acceptors (Lipinski definition) is 6. The fourth-order valence-corrected chi connectivity index (χ4v) is 3.66. The van der Waals surface area contributed by atoms with Crippen molar-refractivity contribution in [3.8, 4) is 5.75 Å². The van der Waals surface area contributed by atoms with Crippen LogP contribution in [0.15, 0.2) is 89.5 Å². The van der Waals surface area contributed by atoms with Gasteiger partial charge in [-0.3, -0.25) is 14.4 Å². The van der Waals surface area contributed by atoms with Gasteiger partial charge in [-0.2, -0.15) is 0 Å². The lowest BCUT2D eigenvalue weighted by Crippen LogP contribution is -2.30. The van der Waals surface area contributed by atoms with Crippen LogP contribution in [0.3, 0.4) is 0 Å². The molecule has 34 heavy (non-hydrogen) atoms. The average molecular weight is 477 g/mol. The molecule has 0 unspecified atom stereocenters. The number of nitrogens with one attached hydrogen (secondary N) is 2. The van der Waals surface area contributed by atoms with Gasteiger partial charge in [0.05, 0.1) is 20.0 Å². The summed E-state index contributed by atoms with van der Waals surface area (Å²) in [5.74, 6) is -0.400. The summed E-state index contributed by atoms with van der Waals surface area (Å²) >= 11 is 1.29. The summed E-state index contributed by atoms with van der Waals surface area (Å²) in [7, 11) is 2.90. The quantitative estimate of drug-likeness (QED) is 0.271. The summed E-state index contributed by atoms with van der Waals surface area (Å²) in [4.78, 5) is 38.1. The van der Waals surface area contributed by atoms with Gasteiger partial charge in [0.1, 0.15) is 11.4 Å². The van der Waals surface area contributed by atoms with E-state index in [1.54, 1.807) is 79.9 Å². The molecule has 3 aromatic carbocycles. The number of esters is 1. The molecule has 2 N–H and O–H groups in total. The molecular weight excluding hydrogens is 452 g/mol. The average Bonchev–Trinajstić information content (AvgIpc) is 2.88. The standard InChI is InChI=1S/C26H24N2O5S/c1-32-21-13-11-18(12-14-21)15-23(28-25(30)19-7-4-3-5-8-19)26(31)27-20-9-6-10-22(16-20)34-17-24(29)33-2/h3-16H,17H2,1-2H3,(H,27,31)(H,28,30)/b23-15+. The second-order valence-electron chi connectivity index (χ2n) is 7.00. The van der Waals surface area contributed by atoms with Crippen LogP contribution < -0.4 is 15.4 Å². The fourth-order valence-electron chi connectivity index (χ4n) is 2.87. The van der Waals surface area contributed by atoms with E-state index in [1.165, 1.54) is 18.9 Å². The van der Waals surface area contributed by atoms with Crippen LogP contribution >= 0.6 is 11.8 Å². The Bertz CT molecular complexity index is 1180. The summed E-state index contributed by atoms with van der Waals surface area (Å²) in [6.45, 7) is 0. The molecule has 8 heteroatoms.